The summed E-state index contributed by atoms with van der Waals surface area (Å²) in [6.45, 7) is 4.71. The largest absolute Gasteiger partial charge is 0.496 e. The Kier molecular flexibility index (Phi) is 4.12. The first-order chi connectivity index (χ1) is 10.2. The molecule has 5 heteroatoms. The maximum absolute atomic E-state index is 12.4. The highest BCUT2D eigenvalue weighted by Gasteiger charge is 2.36. The van der Waals surface area contributed by atoms with E-state index in [4.69, 9.17) is 9.47 Å². The summed E-state index contributed by atoms with van der Waals surface area (Å²) in [7, 11) is 1.58. The van der Waals surface area contributed by atoms with E-state index in [0.29, 0.717) is 17.4 Å². The zero-order valence-electron chi connectivity index (χ0n) is 12.5. The van der Waals surface area contributed by atoms with E-state index in [9.17, 15) is 4.79 Å². The van der Waals surface area contributed by atoms with Gasteiger partial charge in [0.15, 0.2) is 0 Å². The Balaban J connectivity index is 1.63. The van der Waals surface area contributed by atoms with E-state index in [1.54, 1.807) is 13.2 Å². The summed E-state index contributed by atoms with van der Waals surface area (Å²) in [5, 5.41) is 3.12. The number of carbonyl (C=O) groups is 1. The first-order valence-corrected chi connectivity index (χ1v) is 7.47. The molecular formula is C16H22N2O3. The highest BCUT2D eigenvalue weighted by atomic mass is 16.5. The molecule has 0 spiro atoms. The van der Waals surface area contributed by atoms with Crippen molar-refractivity contribution >= 4 is 5.91 Å². The summed E-state index contributed by atoms with van der Waals surface area (Å²) in [6, 6.07) is 7.93. The highest BCUT2D eigenvalue weighted by molar-refractivity contribution is 5.97. The van der Waals surface area contributed by atoms with Crippen molar-refractivity contribution in [3.05, 3.63) is 29.8 Å². The van der Waals surface area contributed by atoms with E-state index in [-0.39, 0.29) is 18.1 Å². The van der Waals surface area contributed by atoms with Gasteiger partial charge in [-0.05, 0) is 25.5 Å². The number of benzene rings is 1. The monoisotopic (exact) mass is 290 g/mol. The van der Waals surface area contributed by atoms with Crippen molar-refractivity contribution in [3.63, 3.8) is 0 Å². The number of ether oxygens (including phenoxy) is 2. The molecule has 2 saturated heterocycles. The van der Waals surface area contributed by atoms with Crippen LogP contribution in [0.2, 0.25) is 0 Å². The lowest BCUT2D eigenvalue weighted by molar-refractivity contribution is -0.0390. The van der Waals surface area contributed by atoms with Crippen molar-refractivity contribution < 1.29 is 14.3 Å². The zero-order chi connectivity index (χ0) is 14.8. The Morgan fingerprint density at radius 1 is 1.38 bits per heavy atom. The zero-order valence-corrected chi connectivity index (χ0v) is 12.5. The fraction of sp³-hybridized carbons (Fsp3) is 0.562. The molecule has 0 unspecified atom stereocenters. The molecule has 2 fully saturated rings. The predicted molar refractivity (Wildman–Crippen MR) is 79.6 cm³/mol. The molecule has 5 nitrogen and oxygen atoms in total. The van der Waals surface area contributed by atoms with E-state index in [0.717, 1.165) is 26.1 Å². The standard InChI is InChI=1S/C16H22N2O3/c1-11-8-18-9-12(7-13(18)10-21-11)17-16(19)14-5-3-4-6-15(14)20-2/h3-6,11-13H,7-10H2,1-2H3,(H,17,19)/t11-,12-,13-/m0/s1. The molecule has 0 radical (unpaired) electrons. The normalized spacial score (nSPS) is 29.0. The van der Waals surface area contributed by atoms with Gasteiger partial charge in [-0.1, -0.05) is 12.1 Å². The molecule has 114 valence electrons. The number of morpholine rings is 1. The van der Waals surface area contributed by atoms with E-state index < -0.39 is 0 Å². The Bertz CT molecular complexity index is 520. The summed E-state index contributed by atoms with van der Waals surface area (Å²) in [6.07, 6.45) is 1.23. The predicted octanol–water partition coefficient (Wildman–Crippen LogP) is 1.29. The number of fused-ring (bicyclic) bond motifs is 1. The van der Waals surface area contributed by atoms with Crippen LogP contribution in [0.3, 0.4) is 0 Å². The van der Waals surface area contributed by atoms with Crippen LogP contribution in [0.25, 0.3) is 0 Å². The number of nitrogens with one attached hydrogen (secondary N) is 1. The molecule has 1 amide bonds. The van der Waals surface area contributed by atoms with Gasteiger partial charge in [0.05, 0.1) is 25.4 Å². The van der Waals surface area contributed by atoms with Crippen LogP contribution >= 0.6 is 0 Å². The molecule has 2 aliphatic rings. The van der Waals surface area contributed by atoms with Crippen LogP contribution in [0.1, 0.15) is 23.7 Å². The van der Waals surface area contributed by atoms with E-state index in [1.165, 1.54) is 0 Å². The second-order valence-corrected chi connectivity index (χ2v) is 5.86. The van der Waals surface area contributed by atoms with Crippen molar-refractivity contribution in [1.29, 1.82) is 0 Å². The van der Waals surface area contributed by atoms with Gasteiger partial charge in [0.1, 0.15) is 5.75 Å². The number of carbonyl (C=O) groups excluding carboxylic acids is 1. The summed E-state index contributed by atoms with van der Waals surface area (Å²) >= 11 is 0. The lowest BCUT2D eigenvalue weighted by Crippen LogP contribution is -2.45. The molecule has 3 rings (SSSR count). The minimum Gasteiger partial charge on any atom is -0.496 e. The quantitative estimate of drug-likeness (QED) is 0.911. The first-order valence-electron chi connectivity index (χ1n) is 7.47. The summed E-state index contributed by atoms with van der Waals surface area (Å²) in [5.41, 5.74) is 0.592. The number of para-hydroxylation sites is 1. The van der Waals surface area contributed by atoms with Gasteiger partial charge in [-0.2, -0.15) is 0 Å². The molecule has 2 aliphatic heterocycles. The van der Waals surface area contributed by atoms with Crippen LogP contribution in [-0.2, 0) is 4.74 Å². The maximum Gasteiger partial charge on any atom is 0.255 e. The minimum absolute atomic E-state index is 0.0636. The number of amides is 1. The maximum atomic E-state index is 12.4. The van der Waals surface area contributed by atoms with Crippen LogP contribution in [0, 0.1) is 0 Å². The number of nitrogens with zero attached hydrogens (tertiary/aromatic N) is 1. The van der Waals surface area contributed by atoms with Gasteiger partial charge in [-0.3, -0.25) is 9.69 Å². The molecule has 21 heavy (non-hydrogen) atoms. The third-order valence-corrected chi connectivity index (χ3v) is 4.28. The van der Waals surface area contributed by atoms with Crippen molar-refractivity contribution in [2.45, 2.75) is 31.5 Å². The lowest BCUT2D eigenvalue weighted by atomic mass is 10.1. The molecule has 1 aromatic carbocycles. The van der Waals surface area contributed by atoms with E-state index >= 15 is 0 Å². The van der Waals surface area contributed by atoms with Gasteiger partial charge >= 0.3 is 0 Å². The number of hydrogen-bond acceptors (Lipinski definition) is 4. The minimum atomic E-state index is -0.0636. The van der Waals surface area contributed by atoms with Crippen LogP contribution in [0.4, 0.5) is 0 Å². The Labute approximate surface area is 125 Å². The van der Waals surface area contributed by atoms with Gasteiger partial charge in [-0.25, -0.2) is 0 Å². The highest BCUT2D eigenvalue weighted by Crippen LogP contribution is 2.24. The Hall–Kier alpha value is -1.59. The van der Waals surface area contributed by atoms with Gasteiger partial charge in [0, 0.05) is 25.2 Å². The topological polar surface area (TPSA) is 50.8 Å². The second kappa shape index (κ2) is 6.03. The molecule has 1 N–H and O–H groups in total. The molecular weight excluding hydrogens is 268 g/mol. The van der Waals surface area contributed by atoms with E-state index in [1.807, 2.05) is 18.2 Å². The Morgan fingerprint density at radius 2 is 2.19 bits per heavy atom. The lowest BCUT2D eigenvalue weighted by Gasteiger charge is -2.33. The van der Waals surface area contributed by atoms with Crippen molar-refractivity contribution in [1.82, 2.24) is 10.2 Å². The summed E-state index contributed by atoms with van der Waals surface area (Å²) < 4.78 is 10.9. The molecule has 0 aromatic heterocycles. The summed E-state index contributed by atoms with van der Waals surface area (Å²) in [4.78, 5) is 14.8. The summed E-state index contributed by atoms with van der Waals surface area (Å²) in [5.74, 6) is 0.550. The van der Waals surface area contributed by atoms with Gasteiger partial charge in [0.2, 0.25) is 0 Å². The molecule has 3 atom stereocenters. The van der Waals surface area contributed by atoms with Gasteiger partial charge in [0.25, 0.3) is 5.91 Å². The van der Waals surface area contributed by atoms with Crippen molar-refractivity contribution in [3.8, 4) is 5.75 Å². The smallest absolute Gasteiger partial charge is 0.255 e. The molecule has 0 aliphatic carbocycles. The SMILES string of the molecule is COc1ccccc1C(=O)N[C@H]1C[C@H]2CO[C@@H](C)CN2C1. The number of hydrogen-bond donors (Lipinski definition) is 1. The van der Waals surface area contributed by atoms with E-state index in [2.05, 4.69) is 17.1 Å². The van der Waals surface area contributed by atoms with Crippen molar-refractivity contribution in [2.24, 2.45) is 0 Å². The molecule has 0 bridgehead atoms. The van der Waals surface area contributed by atoms with Crippen molar-refractivity contribution in [2.75, 3.05) is 26.8 Å². The third-order valence-electron chi connectivity index (χ3n) is 4.28. The van der Waals surface area contributed by atoms with Crippen LogP contribution < -0.4 is 10.1 Å². The average Bonchev–Trinajstić information content (AvgIpc) is 2.88. The van der Waals surface area contributed by atoms with Gasteiger partial charge in [-0.15, -0.1) is 0 Å². The second-order valence-electron chi connectivity index (χ2n) is 5.86. The average molecular weight is 290 g/mol. The molecule has 0 saturated carbocycles. The van der Waals surface area contributed by atoms with Crippen LogP contribution in [0.15, 0.2) is 24.3 Å². The third kappa shape index (κ3) is 3.04. The fourth-order valence-corrected chi connectivity index (χ4v) is 3.24. The molecule has 1 aromatic rings. The van der Waals surface area contributed by atoms with Crippen LogP contribution in [0.5, 0.6) is 5.75 Å². The van der Waals surface area contributed by atoms with Gasteiger partial charge < -0.3 is 14.8 Å². The first kappa shape index (κ1) is 14.4. The van der Waals surface area contributed by atoms with Crippen LogP contribution in [-0.4, -0.2) is 55.8 Å². The number of methoxy groups -OCH3 is 1. The Morgan fingerprint density at radius 3 is 3.00 bits per heavy atom. The molecule has 2 heterocycles. The fourth-order valence-electron chi connectivity index (χ4n) is 3.24. The number of rotatable bonds is 3.